The third-order valence-electron chi connectivity index (χ3n) is 6.44. The molecule has 0 spiro atoms. The van der Waals surface area contributed by atoms with E-state index in [9.17, 15) is 14.7 Å². The molecule has 6 nitrogen and oxygen atoms in total. The molecular formula is C24H29N3O3. The summed E-state index contributed by atoms with van der Waals surface area (Å²) in [6.45, 7) is 8.97. The number of benzene rings is 1. The molecular weight excluding hydrogens is 378 g/mol. The lowest BCUT2D eigenvalue weighted by atomic mass is 9.94. The van der Waals surface area contributed by atoms with Crippen molar-refractivity contribution in [1.82, 2.24) is 14.8 Å². The second-order valence-corrected chi connectivity index (χ2v) is 8.33. The molecule has 2 aliphatic rings. The van der Waals surface area contributed by atoms with Gasteiger partial charge >= 0.3 is 0 Å². The third-order valence-corrected chi connectivity index (χ3v) is 6.44. The number of hydrogen-bond acceptors (Lipinski definition) is 4. The van der Waals surface area contributed by atoms with Crippen molar-refractivity contribution in [3.8, 4) is 0 Å². The van der Waals surface area contributed by atoms with E-state index in [-0.39, 0.29) is 11.3 Å². The number of ketones is 1. The van der Waals surface area contributed by atoms with Crippen molar-refractivity contribution in [1.29, 1.82) is 0 Å². The molecule has 3 heterocycles. The van der Waals surface area contributed by atoms with Crippen molar-refractivity contribution < 1.29 is 14.7 Å². The molecule has 1 aromatic carbocycles. The molecule has 0 radical (unpaired) electrons. The first-order valence-electron chi connectivity index (χ1n) is 10.6. The summed E-state index contributed by atoms with van der Waals surface area (Å²) < 4.78 is 0. The van der Waals surface area contributed by atoms with Crippen LogP contribution in [-0.4, -0.2) is 57.8 Å². The molecule has 0 aliphatic carbocycles. The van der Waals surface area contributed by atoms with Crippen LogP contribution in [0, 0.1) is 20.8 Å². The van der Waals surface area contributed by atoms with E-state index in [1.54, 1.807) is 4.90 Å². The summed E-state index contributed by atoms with van der Waals surface area (Å²) in [5.74, 6) is -1.24. The smallest absolute Gasteiger partial charge is 0.295 e. The summed E-state index contributed by atoms with van der Waals surface area (Å²) in [6.07, 6.45) is 2.35. The average Bonchev–Trinajstić information content (AvgIpc) is 3.40. The minimum absolute atomic E-state index is 0.0924. The third kappa shape index (κ3) is 3.45. The highest BCUT2D eigenvalue weighted by Crippen LogP contribution is 2.40. The lowest BCUT2D eigenvalue weighted by molar-refractivity contribution is -0.140. The highest BCUT2D eigenvalue weighted by atomic mass is 16.3. The fourth-order valence-electron chi connectivity index (χ4n) is 4.74. The number of nitrogens with zero attached hydrogens (tertiary/aromatic N) is 2. The van der Waals surface area contributed by atoms with Gasteiger partial charge in [-0.3, -0.25) is 9.59 Å². The first-order valence-corrected chi connectivity index (χ1v) is 10.6. The number of carbonyl (C=O) groups excluding carboxylic acids is 2. The molecule has 2 saturated heterocycles. The number of aromatic amines is 1. The number of aromatic nitrogens is 1. The van der Waals surface area contributed by atoms with Crippen LogP contribution in [-0.2, 0) is 9.59 Å². The predicted molar refractivity (Wildman–Crippen MR) is 116 cm³/mol. The van der Waals surface area contributed by atoms with Crippen molar-refractivity contribution >= 4 is 17.4 Å². The topological polar surface area (TPSA) is 76.6 Å². The standard InChI is InChI=1S/C24H29N3O3/c1-15-16(2)25-17(3)19(15)22(28)20-21(18-9-5-4-6-10-18)27(24(30)23(20)29)14-13-26-11-7-8-12-26/h4-6,9-10,21,25,28H,7-8,11-14H2,1-3H3/b22-20+. The van der Waals surface area contributed by atoms with Gasteiger partial charge < -0.3 is 19.9 Å². The van der Waals surface area contributed by atoms with E-state index in [0.717, 1.165) is 42.1 Å². The summed E-state index contributed by atoms with van der Waals surface area (Å²) in [7, 11) is 0. The largest absolute Gasteiger partial charge is 0.507 e. The minimum atomic E-state index is -0.611. The van der Waals surface area contributed by atoms with Gasteiger partial charge in [-0.2, -0.15) is 0 Å². The summed E-state index contributed by atoms with van der Waals surface area (Å²) in [4.78, 5) is 33.3. The van der Waals surface area contributed by atoms with Crippen LogP contribution in [0.5, 0.6) is 0 Å². The maximum absolute atomic E-state index is 13.1. The van der Waals surface area contributed by atoms with Crippen LogP contribution in [0.2, 0.25) is 0 Å². The van der Waals surface area contributed by atoms with E-state index >= 15 is 0 Å². The maximum Gasteiger partial charge on any atom is 0.295 e. The first-order chi connectivity index (χ1) is 14.4. The summed E-state index contributed by atoms with van der Waals surface area (Å²) in [6, 6.07) is 8.94. The Hall–Kier alpha value is -2.86. The molecule has 0 bridgehead atoms. The number of H-pyrrole nitrogens is 1. The van der Waals surface area contributed by atoms with Gasteiger partial charge in [0, 0.05) is 30.0 Å². The molecule has 1 atom stereocenters. The SMILES string of the molecule is Cc1[nH]c(C)c(/C(O)=C2\C(=O)C(=O)N(CCN3CCCC3)C2c2ccccc2)c1C. The second-order valence-electron chi connectivity index (χ2n) is 8.33. The molecule has 4 rings (SSSR count). The Labute approximate surface area is 177 Å². The monoisotopic (exact) mass is 407 g/mol. The van der Waals surface area contributed by atoms with E-state index in [2.05, 4.69) is 9.88 Å². The summed E-state index contributed by atoms with van der Waals surface area (Å²) in [5.41, 5.74) is 4.25. The van der Waals surface area contributed by atoms with Gasteiger partial charge in [-0.1, -0.05) is 30.3 Å². The fraction of sp³-hybridized carbons (Fsp3) is 0.417. The molecule has 1 aromatic heterocycles. The molecule has 0 saturated carbocycles. The Morgan fingerprint density at radius 3 is 2.30 bits per heavy atom. The molecule has 1 unspecified atom stereocenters. The Morgan fingerprint density at radius 1 is 1.03 bits per heavy atom. The van der Waals surface area contributed by atoms with Gasteiger partial charge in [-0.25, -0.2) is 0 Å². The molecule has 2 aromatic rings. The van der Waals surface area contributed by atoms with Crippen LogP contribution in [0.4, 0.5) is 0 Å². The predicted octanol–water partition coefficient (Wildman–Crippen LogP) is 3.46. The fourth-order valence-corrected chi connectivity index (χ4v) is 4.74. The molecule has 158 valence electrons. The van der Waals surface area contributed by atoms with Gasteiger partial charge in [0.1, 0.15) is 5.76 Å². The Kier molecular flexibility index (Phi) is 5.52. The molecule has 1 amide bonds. The number of rotatable bonds is 5. The van der Waals surface area contributed by atoms with Crippen LogP contribution in [0.3, 0.4) is 0 Å². The Balaban J connectivity index is 1.79. The van der Waals surface area contributed by atoms with Crippen molar-refractivity contribution in [2.45, 2.75) is 39.7 Å². The minimum Gasteiger partial charge on any atom is -0.507 e. The molecule has 2 fully saturated rings. The highest BCUT2D eigenvalue weighted by Gasteiger charge is 2.46. The van der Waals surface area contributed by atoms with Crippen LogP contribution in [0.1, 0.15) is 47.0 Å². The zero-order valence-corrected chi connectivity index (χ0v) is 17.9. The van der Waals surface area contributed by atoms with Gasteiger partial charge in [0.15, 0.2) is 0 Å². The molecule has 30 heavy (non-hydrogen) atoms. The van der Waals surface area contributed by atoms with Gasteiger partial charge in [0.25, 0.3) is 11.7 Å². The van der Waals surface area contributed by atoms with E-state index in [0.29, 0.717) is 12.1 Å². The van der Waals surface area contributed by atoms with E-state index in [1.165, 1.54) is 12.8 Å². The normalized spacial score (nSPS) is 21.7. The molecule has 2 aliphatic heterocycles. The van der Waals surface area contributed by atoms with Gasteiger partial charge in [-0.15, -0.1) is 0 Å². The Morgan fingerprint density at radius 2 is 1.70 bits per heavy atom. The van der Waals surface area contributed by atoms with Gasteiger partial charge in [0.05, 0.1) is 11.6 Å². The number of likely N-dealkylation sites (tertiary alicyclic amines) is 2. The maximum atomic E-state index is 13.1. The number of Topliss-reactive ketones (excluding diaryl/α,β-unsaturated/α-hetero) is 1. The zero-order valence-electron chi connectivity index (χ0n) is 17.9. The van der Waals surface area contributed by atoms with Crippen LogP contribution in [0.15, 0.2) is 35.9 Å². The number of aryl methyl sites for hydroxylation is 2. The number of nitrogens with one attached hydrogen (secondary N) is 1. The number of carbonyl (C=O) groups is 2. The number of aliphatic hydroxyl groups excluding tert-OH is 1. The van der Waals surface area contributed by atoms with Crippen LogP contribution >= 0.6 is 0 Å². The molecule has 6 heteroatoms. The van der Waals surface area contributed by atoms with Crippen molar-refractivity contribution in [3.05, 3.63) is 64.0 Å². The van der Waals surface area contributed by atoms with E-state index in [4.69, 9.17) is 0 Å². The highest BCUT2D eigenvalue weighted by molar-refractivity contribution is 6.46. The summed E-state index contributed by atoms with van der Waals surface area (Å²) >= 11 is 0. The van der Waals surface area contributed by atoms with Crippen molar-refractivity contribution in [3.63, 3.8) is 0 Å². The van der Waals surface area contributed by atoms with Crippen LogP contribution < -0.4 is 0 Å². The lowest BCUT2D eigenvalue weighted by Crippen LogP contribution is -2.37. The quantitative estimate of drug-likeness (QED) is 0.452. The zero-order chi connectivity index (χ0) is 21.4. The van der Waals surface area contributed by atoms with Gasteiger partial charge in [0.2, 0.25) is 0 Å². The van der Waals surface area contributed by atoms with Gasteiger partial charge in [-0.05, 0) is 57.8 Å². The second kappa shape index (κ2) is 8.11. The first kappa shape index (κ1) is 20.4. The lowest BCUT2D eigenvalue weighted by Gasteiger charge is -2.27. The Bertz CT molecular complexity index is 1000. The average molecular weight is 408 g/mol. The van der Waals surface area contributed by atoms with Crippen LogP contribution in [0.25, 0.3) is 5.76 Å². The van der Waals surface area contributed by atoms with Crippen molar-refractivity contribution in [2.24, 2.45) is 0 Å². The van der Waals surface area contributed by atoms with Crippen molar-refractivity contribution in [2.75, 3.05) is 26.2 Å². The number of hydrogen-bond donors (Lipinski definition) is 2. The summed E-state index contributed by atoms with van der Waals surface area (Å²) in [5, 5.41) is 11.3. The van der Waals surface area contributed by atoms with E-state index in [1.807, 2.05) is 51.1 Å². The number of amides is 1. The number of aliphatic hydroxyl groups is 1. The molecule has 2 N–H and O–H groups in total. The van der Waals surface area contributed by atoms with E-state index < -0.39 is 17.7 Å².